The lowest BCUT2D eigenvalue weighted by atomic mass is 10.1. The van der Waals surface area contributed by atoms with Gasteiger partial charge in [0.1, 0.15) is 18.2 Å². The topological polar surface area (TPSA) is 39.7 Å². The van der Waals surface area contributed by atoms with E-state index in [9.17, 15) is 4.39 Å². The summed E-state index contributed by atoms with van der Waals surface area (Å²) in [6, 6.07) is 17.9. The molecule has 0 radical (unpaired) electrons. The number of fused-ring (bicyclic) bond motifs is 1. The van der Waals surface area contributed by atoms with Gasteiger partial charge in [-0.3, -0.25) is 0 Å². The van der Waals surface area contributed by atoms with Crippen molar-refractivity contribution in [1.29, 1.82) is 0 Å². The lowest BCUT2D eigenvalue weighted by Crippen LogP contribution is -2.14. The first-order valence-corrected chi connectivity index (χ1v) is 9.31. The molecule has 0 fully saturated rings. The van der Waals surface area contributed by atoms with Crippen LogP contribution in [0.2, 0.25) is 5.02 Å². The van der Waals surface area contributed by atoms with Crippen LogP contribution in [-0.4, -0.2) is 6.79 Å². The Morgan fingerprint density at radius 1 is 0.931 bits per heavy atom. The predicted octanol–water partition coefficient (Wildman–Crippen LogP) is 5.50. The number of halogens is 3. The molecule has 4 nitrogen and oxygen atoms in total. The largest absolute Gasteiger partial charge is 0.488 e. The highest BCUT2D eigenvalue weighted by atomic mass is 35.5. The normalized spacial score (nSPS) is 11.8. The first-order valence-electron chi connectivity index (χ1n) is 8.93. The second kappa shape index (κ2) is 9.83. The zero-order chi connectivity index (χ0) is 19.3. The van der Waals surface area contributed by atoms with Gasteiger partial charge in [-0.15, -0.1) is 12.4 Å². The number of benzene rings is 3. The van der Waals surface area contributed by atoms with Gasteiger partial charge in [0.05, 0.1) is 0 Å². The van der Waals surface area contributed by atoms with E-state index in [1.807, 2.05) is 24.3 Å². The van der Waals surface area contributed by atoms with Gasteiger partial charge in [0, 0.05) is 29.2 Å². The maximum absolute atomic E-state index is 13.8. The number of nitrogens with one attached hydrogen (secondary N) is 1. The van der Waals surface area contributed by atoms with Crippen LogP contribution in [-0.2, 0) is 19.7 Å². The molecule has 4 rings (SSSR count). The van der Waals surface area contributed by atoms with E-state index >= 15 is 0 Å². The molecule has 0 amide bonds. The lowest BCUT2D eigenvalue weighted by molar-refractivity contribution is 0.174. The van der Waals surface area contributed by atoms with E-state index in [2.05, 4.69) is 5.32 Å². The van der Waals surface area contributed by atoms with Crippen molar-refractivity contribution in [3.8, 4) is 17.2 Å². The smallest absolute Gasteiger partial charge is 0.231 e. The van der Waals surface area contributed by atoms with Crippen LogP contribution < -0.4 is 19.5 Å². The summed E-state index contributed by atoms with van der Waals surface area (Å²) in [5.41, 5.74) is 2.50. The van der Waals surface area contributed by atoms with Crippen molar-refractivity contribution in [2.75, 3.05) is 6.79 Å². The SMILES string of the molecule is Cl.Fc1ccccc1COc1ccc(Cl)cc1CNCc1ccc2c(c1)OCO2. The van der Waals surface area contributed by atoms with Gasteiger partial charge in [-0.2, -0.15) is 0 Å². The number of hydrogen-bond acceptors (Lipinski definition) is 4. The molecular weight excluding hydrogens is 416 g/mol. The van der Waals surface area contributed by atoms with Gasteiger partial charge in [-0.05, 0) is 42.0 Å². The zero-order valence-corrected chi connectivity index (χ0v) is 17.1. The Bertz CT molecular complexity index is 984. The molecule has 0 atom stereocenters. The van der Waals surface area contributed by atoms with Gasteiger partial charge in [0.25, 0.3) is 0 Å². The molecule has 3 aromatic rings. The summed E-state index contributed by atoms with van der Waals surface area (Å²) < 4.78 is 30.4. The monoisotopic (exact) mass is 435 g/mol. The van der Waals surface area contributed by atoms with E-state index in [1.165, 1.54) is 6.07 Å². The highest BCUT2D eigenvalue weighted by molar-refractivity contribution is 6.30. The first-order chi connectivity index (χ1) is 13.7. The van der Waals surface area contributed by atoms with Crippen molar-refractivity contribution in [2.24, 2.45) is 0 Å². The Kier molecular flexibility index (Phi) is 7.20. The van der Waals surface area contributed by atoms with Crippen LogP contribution in [0.1, 0.15) is 16.7 Å². The van der Waals surface area contributed by atoms with Crippen LogP contribution in [0.15, 0.2) is 60.7 Å². The summed E-state index contributed by atoms with van der Waals surface area (Å²) in [7, 11) is 0. The van der Waals surface area contributed by atoms with Crippen molar-refractivity contribution < 1.29 is 18.6 Å². The average Bonchev–Trinajstić information content (AvgIpc) is 3.16. The Morgan fingerprint density at radius 2 is 1.76 bits per heavy atom. The third kappa shape index (κ3) is 5.32. The number of ether oxygens (including phenoxy) is 3. The molecule has 1 heterocycles. The molecule has 0 aliphatic carbocycles. The van der Waals surface area contributed by atoms with Gasteiger partial charge in [0.2, 0.25) is 6.79 Å². The van der Waals surface area contributed by atoms with Crippen molar-refractivity contribution >= 4 is 24.0 Å². The van der Waals surface area contributed by atoms with Crippen molar-refractivity contribution in [3.05, 3.63) is 88.2 Å². The fourth-order valence-electron chi connectivity index (χ4n) is 2.99. The average molecular weight is 436 g/mol. The Hall–Kier alpha value is -2.47. The van der Waals surface area contributed by atoms with E-state index in [1.54, 1.807) is 30.3 Å². The van der Waals surface area contributed by atoms with E-state index < -0.39 is 0 Å². The second-order valence-corrected chi connectivity index (χ2v) is 6.86. The third-order valence-corrected chi connectivity index (χ3v) is 4.68. The molecule has 0 unspecified atom stereocenters. The summed E-state index contributed by atoms with van der Waals surface area (Å²) in [5.74, 6) is 1.92. The molecule has 0 spiro atoms. The van der Waals surface area contributed by atoms with Crippen LogP contribution >= 0.6 is 24.0 Å². The molecule has 1 aliphatic heterocycles. The van der Waals surface area contributed by atoms with Gasteiger partial charge >= 0.3 is 0 Å². The van der Waals surface area contributed by atoms with E-state index in [4.69, 9.17) is 25.8 Å². The summed E-state index contributed by atoms with van der Waals surface area (Å²) >= 11 is 6.15. The Labute approximate surface area is 180 Å². The molecule has 3 aromatic carbocycles. The lowest BCUT2D eigenvalue weighted by Gasteiger charge is -2.13. The zero-order valence-electron chi connectivity index (χ0n) is 15.5. The minimum absolute atomic E-state index is 0. The van der Waals surface area contributed by atoms with Crippen molar-refractivity contribution in [2.45, 2.75) is 19.7 Å². The van der Waals surface area contributed by atoms with Gasteiger partial charge in [0.15, 0.2) is 11.5 Å². The molecular formula is C22H20Cl2FNO3. The highest BCUT2D eigenvalue weighted by Gasteiger charge is 2.13. The molecule has 0 saturated heterocycles. The van der Waals surface area contributed by atoms with Gasteiger partial charge < -0.3 is 19.5 Å². The standard InChI is InChI=1S/C22H19ClFNO3.ClH/c23-18-6-8-20(26-13-16-3-1-2-4-19(16)24)17(10-18)12-25-11-15-5-7-21-22(9-15)28-14-27-21;/h1-10,25H,11-14H2;1H. The van der Waals surface area contributed by atoms with E-state index in [-0.39, 0.29) is 31.6 Å². The van der Waals surface area contributed by atoms with Crippen LogP contribution in [0.5, 0.6) is 17.2 Å². The summed E-state index contributed by atoms with van der Waals surface area (Å²) in [6.07, 6.45) is 0. The van der Waals surface area contributed by atoms with Crippen molar-refractivity contribution in [1.82, 2.24) is 5.32 Å². The minimum Gasteiger partial charge on any atom is -0.488 e. The fourth-order valence-corrected chi connectivity index (χ4v) is 3.19. The molecule has 152 valence electrons. The molecule has 0 saturated carbocycles. The molecule has 0 bridgehead atoms. The summed E-state index contributed by atoms with van der Waals surface area (Å²) in [6.45, 7) is 1.62. The minimum atomic E-state index is -0.279. The molecule has 1 N–H and O–H groups in total. The molecule has 1 aliphatic rings. The van der Waals surface area contributed by atoms with Crippen LogP contribution in [0.3, 0.4) is 0 Å². The third-order valence-electron chi connectivity index (χ3n) is 4.45. The van der Waals surface area contributed by atoms with Gasteiger partial charge in [-0.1, -0.05) is 35.9 Å². The van der Waals surface area contributed by atoms with Crippen molar-refractivity contribution in [3.63, 3.8) is 0 Å². The van der Waals surface area contributed by atoms with Crippen LogP contribution in [0.4, 0.5) is 4.39 Å². The predicted molar refractivity (Wildman–Crippen MR) is 113 cm³/mol. The Morgan fingerprint density at radius 3 is 2.62 bits per heavy atom. The van der Waals surface area contributed by atoms with Gasteiger partial charge in [-0.25, -0.2) is 4.39 Å². The molecule has 0 aromatic heterocycles. The van der Waals surface area contributed by atoms with E-state index in [0.29, 0.717) is 29.4 Å². The molecule has 7 heteroatoms. The first kappa shape index (κ1) is 21.2. The van der Waals surface area contributed by atoms with Crippen LogP contribution in [0, 0.1) is 5.82 Å². The van der Waals surface area contributed by atoms with E-state index in [0.717, 1.165) is 22.6 Å². The molecule has 29 heavy (non-hydrogen) atoms. The van der Waals surface area contributed by atoms with Crippen LogP contribution in [0.25, 0.3) is 0 Å². The highest BCUT2D eigenvalue weighted by Crippen LogP contribution is 2.32. The quantitative estimate of drug-likeness (QED) is 0.531. The number of rotatable bonds is 7. The maximum Gasteiger partial charge on any atom is 0.231 e. The Balaban J connectivity index is 0.00000240. The summed E-state index contributed by atoms with van der Waals surface area (Å²) in [4.78, 5) is 0. The maximum atomic E-state index is 13.8. The second-order valence-electron chi connectivity index (χ2n) is 6.42. The summed E-state index contributed by atoms with van der Waals surface area (Å²) in [5, 5.41) is 4.00. The fraction of sp³-hybridized carbons (Fsp3) is 0.182. The number of hydrogen-bond donors (Lipinski definition) is 1.